The van der Waals surface area contributed by atoms with E-state index in [9.17, 15) is 9.59 Å². The third kappa shape index (κ3) is 9.19. The topological polar surface area (TPSA) is 105 Å². The monoisotopic (exact) mass is 570 g/mol. The van der Waals surface area contributed by atoms with Crippen LogP contribution in [0.25, 0.3) is 0 Å². The Morgan fingerprint density at radius 2 is 1.45 bits per heavy atom. The number of hydrogen-bond acceptors (Lipinski definition) is 7. The molecule has 0 unspecified atom stereocenters. The van der Waals surface area contributed by atoms with Gasteiger partial charge in [-0.15, -0.1) is 10.2 Å². The van der Waals surface area contributed by atoms with Gasteiger partial charge in [0, 0.05) is 12.8 Å². The van der Waals surface area contributed by atoms with E-state index in [-0.39, 0.29) is 13.0 Å². The lowest BCUT2D eigenvalue weighted by Crippen LogP contribution is -2.44. The Balaban J connectivity index is 1.52. The van der Waals surface area contributed by atoms with Crippen molar-refractivity contribution in [2.24, 2.45) is 0 Å². The Hall–Kier alpha value is -4.66. The van der Waals surface area contributed by atoms with E-state index >= 15 is 0 Å². The number of nitrogens with one attached hydrogen (secondary N) is 1. The predicted octanol–water partition coefficient (Wildman–Crippen LogP) is 5.50. The first-order valence-electron chi connectivity index (χ1n) is 14.0. The van der Waals surface area contributed by atoms with Crippen molar-refractivity contribution in [2.45, 2.75) is 64.8 Å². The van der Waals surface area contributed by atoms with Gasteiger partial charge in [0.1, 0.15) is 35.6 Å². The molecule has 0 spiro atoms. The van der Waals surface area contributed by atoms with Crippen molar-refractivity contribution in [1.29, 1.82) is 0 Å². The van der Waals surface area contributed by atoms with Crippen LogP contribution in [0.2, 0.25) is 0 Å². The van der Waals surface area contributed by atoms with Crippen LogP contribution in [0.4, 0.5) is 4.79 Å². The quantitative estimate of drug-likeness (QED) is 0.225. The number of amides is 1. The third-order valence-corrected chi connectivity index (χ3v) is 6.46. The van der Waals surface area contributed by atoms with E-state index in [0.717, 1.165) is 28.3 Å². The van der Waals surface area contributed by atoms with Crippen molar-refractivity contribution in [3.05, 3.63) is 113 Å². The average molecular weight is 571 g/mol. The van der Waals surface area contributed by atoms with Gasteiger partial charge >= 0.3 is 12.1 Å². The number of rotatable bonds is 12. The third-order valence-electron chi connectivity index (χ3n) is 6.46. The fourth-order valence-corrected chi connectivity index (χ4v) is 4.36. The summed E-state index contributed by atoms with van der Waals surface area (Å²) in [4.78, 5) is 25.8. The van der Waals surface area contributed by atoms with Crippen molar-refractivity contribution < 1.29 is 23.8 Å². The number of esters is 1. The largest absolute Gasteiger partial charge is 0.497 e. The normalized spacial score (nSPS) is 11.9. The molecule has 1 aromatic heterocycles. The van der Waals surface area contributed by atoms with Gasteiger partial charge in [-0.25, -0.2) is 9.59 Å². The van der Waals surface area contributed by atoms with Crippen LogP contribution in [0.3, 0.4) is 0 Å². The van der Waals surface area contributed by atoms with E-state index < -0.39 is 23.7 Å². The molecule has 0 aliphatic carbocycles. The summed E-state index contributed by atoms with van der Waals surface area (Å²) in [6.07, 6.45) is 0.533. The zero-order chi connectivity index (χ0) is 30.0. The number of nitrogens with zero attached hydrogens (tertiary/aromatic N) is 3. The van der Waals surface area contributed by atoms with Gasteiger partial charge in [-0.3, -0.25) is 0 Å². The molecule has 0 saturated carbocycles. The molecule has 0 fully saturated rings. The maximum absolute atomic E-state index is 13.1. The molecule has 4 rings (SSSR count). The molecular formula is C33H38N4O5. The smallest absolute Gasteiger partial charge is 0.408 e. The highest BCUT2D eigenvalue weighted by atomic mass is 16.6. The number of aryl methyl sites for hydroxylation is 1. The van der Waals surface area contributed by atoms with E-state index in [4.69, 9.17) is 14.2 Å². The molecule has 0 aliphatic heterocycles. The molecule has 9 heteroatoms. The van der Waals surface area contributed by atoms with Crippen LogP contribution < -0.4 is 10.1 Å². The number of hydrogen-bond donors (Lipinski definition) is 1. The molecule has 1 amide bonds. The van der Waals surface area contributed by atoms with E-state index in [2.05, 4.69) is 32.2 Å². The SMILES string of the molecule is COc1ccc(Cn2c(CC[C@H](NC(=O)OCc3ccccc3)C(=O)OC(C)(C)C)nnc2Cc2ccccc2)cc1. The van der Waals surface area contributed by atoms with Crippen molar-refractivity contribution in [3.63, 3.8) is 0 Å². The molecule has 1 N–H and O–H groups in total. The summed E-state index contributed by atoms with van der Waals surface area (Å²) in [5.41, 5.74) is 2.29. The number of methoxy groups -OCH3 is 1. The lowest BCUT2D eigenvalue weighted by atomic mass is 10.1. The first kappa shape index (κ1) is 30.3. The Labute approximate surface area is 246 Å². The molecule has 1 heterocycles. The predicted molar refractivity (Wildman–Crippen MR) is 159 cm³/mol. The number of alkyl carbamates (subject to hydrolysis) is 1. The van der Waals surface area contributed by atoms with Crippen molar-refractivity contribution in [3.8, 4) is 5.75 Å². The molecule has 42 heavy (non-hydrogen) atoms. The van der Waals surface area contributed by atoms with Gasteiger partial charge in [0.05, 0.1) is 13.7 Å². The average Bonchev–Trinajstić information content (AvgIpc) is 3.35. The standard InChI is InChI=1S/C33H38N4O5/c1-33(2,3)42-31(38)28(34-32(39)41-23-26-13-9-6-10-14-26)19-20-29-35-36-30(21-24-11-7-5-8-12-24)37(29)22-25-15-17-27(40-4)18-16-25/h5-18,28H,19-23H2,1-4H3,(H,34,39)/t28-/m0/s1. The van der Waals surface area contributed by atoms with Gasteiger partial charge < -0.3 is 24.1 Å². The molecule has 0 radical (unpaired) electrons. The summed E-state index contributed by atoms with van der Waals surface area (Å²) in [6, 6.07) is 26.3. The highest BCUT2D eigenvalue weighted by molar-refractivity contribution is 5.81. The molecule has 4 aromatic rings. The first-order chi connectivity index (χ1) is 20.2. The first-order valence-corrected chi connectivity index (χ1v) is 14.0. The van der Waals surface area contributed by atoms with Crippen LogP contribution in [0.1, 0.15) is 55.5 Å². The van der Waals surface area contributed by atoms with Crippen molar-refractivity contribution >= 4 is 12.1 Å². The molecule has 1 atom stereocenters. The van der Waals surface area contributed by atoms with Gasteiger partial charge in [-0.05, 0) is 56.0 Å². The highest BCUT2D eigenvalue weighted by Gasteiger charge is 2.28. The van der Waals surface area contributed by atoms with Crippen molar-refractivity contribution in [1.82, 2.24) is 20.1 Å². The lowest BCUT2D eigenvalue weighted by Gasteiger charge is -2.24. The van der Waals surface area contributed by atoms with Gasteiger partial charge in [0.2, 0.25) is 0 Å². The minimum Gasteiger partial charge on any atom is -0.497 e. The Morgan fingerprint density at radius 1 is 0.833 bits per heavy atom. The van der Waals surface area contributed by atoms with Crippen LogP contribution >= 0.6 is 0 Å². The number of aromatic nitrogens is 3. The lowest BCUT2D eigenvalue weighted by molar-refractivity contribution is -0.157. The molecular weight excluding hydrogens is 532 g/mol. The fourth-order valence-electron chi connectivity index (χ4n) is 4.36. The molecule has 0 bridgehead atoms. The number of carbonyl (C=O) groups excluding carboxylic acids is 2. The second kappa shape index (κ2) is 14.3. The summed E-state index contributed by atoms with van der Waals surface area (Å²) < 4.78 is 18.4. The number of benzene rings is 3. The minimum atomic E-state index is -0.934. The molecule has 0 saturated heterocycles. The Morgan fingerprint density at radius 3 is 2.07 bits per heavy atom. The second-order valence-corrected chi connectivity index (χ2v) is 11.0. The minimum absolute atomic E-state index is 0.0900. The second-order valence-electron chi connectivity index (χ2n) is 11.0. The zero-order valence-corrected chi connectivity index (χ0v) is 24.6. The Bertz CT molecular complexity index is 1430. The molecule has 220 valence electrons. The zero-order valence-electron chi connectivity index (χ0n) is 24.6. The van der Waals surface area contributed by atoms with Gasteiger partial charge in [-0.2, -0.15) is 0 Å². The van der Waals surface area contributed by atoms with Crippen LogP contribution in [-0.4, -0.2) is 45.6 Å². The number of carbonyl (C=O) groups is 2. The van der Waals surface area contributed by atoms with E-state index in [0.29, 0.717) is 25.2 Å². The van der Waals surface area contributed by atoms with Crippen LogP contribution in [0.5, 0.6) is 5.75 Å². The van der Waals surface area contributed by atoms with Crippen LogP contribution in [0, 0.1) is 0 Å². The molecule has 9 nitrogen and oxygen atoms in total. The summed E-state index contributed by atoms with van der Waals surface area (Å²) in [5, 5.41) is 11.7. The number of ether oxygens (including phenoxy) is 3. The van der Waals surface area contributed by atoms with E-state index in [1.165, 1.54) is 0 Å². The summed E-state index contributed by atoms with van der Waals surface area (Å²) in [6.45, 7) is 6.00. The summed E-state index contributed by atoms with van der Waals surface area (Å²) in [7, 11) is 1.64. The maximum atomic E-state index is 13.1. The van der Waals surface area contributed by atoms with E-state index in [1.807, 2.05) is 72.8 Å². The van der Waals surface area contributed by atoms with Gasteiger partial charge in [0.25, 0.3) is 0 Å². The van der Waals surface area contributed by atoms with Crippen LogP contribution in [-0.2, 0) is 40.3 Å². The highest BCUT2D eigenvalue weighted by Crippen LogP contribution is 2.18. The maximum Gasteiger partial charge on any atom is 0.408 e. The summed E-state index contributed by atoms with van der Waals surface area (Å²) in [5.74, 6) is 1.74. The fraction of sp³-hybridized carbons (Fsp3) is 0.333. The van der Waals surface area contributed by atoms with Crippen molar-refractivity contribution in [2.75, 3.05) is 7.11 Å². The molecule has 3 aromatic carbocycles. The van der Waals surface area contributed by atoms with Gasteiger partial charge in [0.15, 0.2) is 0 Å². The van der Waals surface area contributed by atoms with E-state index in [1.54, 1.807) is 27.9 Å². The summed E-state index contributed by atoms with van der Waals surface area (Å²) >= 11 is 0. The van der Waals surface area contributed by atoms with Gasteiger partial charge in [-0.1, -0.05) is 72.8 Å². The van der Waals surface area contributed by atoms with Crippen LogP contribution in [0.15, 0.2) is 84.9 Å². The molecule has 0 aliphatic rings. The Kier molecular flexibility index (Phi) is 10.3.